The Balaban J connectivity index is 1.61. The summed E-state index contributed by atoms with van der Waals surface area (Å²) in [5.74, 6) is 1.05. The summed E-state index contributed by atoms with van der Waals surface area (Å²) in [6.07, 6.45) is 6.52. The molecule has 0 N–H and O–H groups in total. The summed E-state index contributed by atoms with van der Waals surface area (Å²) in [4.78, 5) is 14.7. The van der Waals surface area contributed by atoms with E-state index < -0.39 is 0 Å². The van der Waals surface area contributed by atoms with Gasteiger partial charge in [-0.2, -0.15) is 0 Å². The average Bonchev–Trinajstić information content (AvgIpc) is 2.62. The minimum Gasteiger partial charge on any atom is -0.338 e. The van der Waals surface area contributed by atoms with E-state index in [-0.39, 0.29) is 0 Å². The molecule has 0 amide bonds. The van der Waals surface area contributed by atoms with Crippen molar-refractivity contribution in [1.82, 2.24) is 14.9 Å². The number of hydrogen-bond donors (Lipinski definition) is 0. The number of rotatable bonds is 4. The highest BCUT2D eigenvalue weighted by Crippen LogP contribution is 2.29. The molecule has 1 aliphatic heterocycles. The van der Waals surface area contributed by atoms with Crippen molar-refractivity contribution in [3.05, 3.63) is 64.6 Å². The van der Waals surface area contributed by atoms with Crippen molar-refractivity contribution >= 4 is 17.4 Å². The van der Waals surface area contributed by atoms with Gasteiger partial charge in [-0.05, 0) is 43.4 Å². The predicted molar refractivity (Wildman–Crippen MR) is 102 cm³/mol. The first-order chi connectivity index (χ1) is 12.2. The summed E-state index contributed by atoms with van der Waals surface area (Å²) in [6, 6.07) is 8.08. The Morgan fingerprint density at radius 3 is 2.48 bits per heavy atom. The van der Waals surface area contributed by atoms with Crippen LogP contribution in [0.1, 0.15) is 35.5 Å². The molecule has 4 nitrogen and oxygen atoms in total. The van der Waals surface area contributed by atoms with E-state index in [9.17, 15) is 0 Å². The molecule has 0 unspecified atom stereocenters. The van der Waals surface area contributed by atoms with Gasteiger partial charge in [-0.1, -0.05) is 29.8 Å². The van der Waals surface area contributed by atoms with Crippen LogP contribution in [0.4, 0.5) is 5.82 Å². The van der Waals surface area contributed by atoms with Gasteiger partial charge in [-0.25, -0.2) is 4.98 Å². The van der Waals surface area contributed by atoms with Crippen molar-refractivity contribution in [2.45, 2.75) is 38.8 Å². The Kier molecular flexibility index (Phi) is 4.73. The summed E-state index contributed by atoms with van der Waals surface area (Å²) in [6.45, 7) is 7.26. The maximum Gasteiger partial charge on any atom is 0.153 e. The van der Waals surface area contributed by atoms with Crippen LogP contribution in [-0.2, 0) is 25.9 Å². The van der Waals surface area contributed by atoms with Crippen LogP contribution in [0.2, 0.25) is 5.02 Å². The molecular weight excluding hydrogens is 332 g/mol. The summed E-state index contributed by atoms with van der Waals surface area (Å²) < 4.78 is 0. The highest BCUT2D eigenvalue weighted by atomic mass is 35.5. The normalized spacial score (nSPS) is 17.1. The van der Waals surface area contributed by atoms with Gasteiger partial charge in [0.25, 0.3) is 0 Å². The zero-order valence-corrected chi connectivity index (χ0v) is 15.2. The minimum absolute atomic E-state index is 0.776. The molecule has 0 fully saturated rings. The number of hydrogen-bond acceptors (Lipinski definition) is 4. The first-order valence-corrected chi connectivity index (χ1v) is 9.32. The van der Waals surface area contributed by atoms with Crippen LogP contribution < -0.4 is 4.90 Å². The molecule has 1 aromatic carbocycles. The average molecular weight is 355 g/mol. The van der Waals surface area contributed by atoms with Gasteiger partial charge >= 0.3 is 0 Å². The Bertz CT molecular complexity index is 772. The lowest BCUT2D eigenvalue weighted by Gasteiger charge is -2.37. The van der Waals surface area contributed by atoms with E-state index in [2.05, 4.69) is 28.5 Å². The predicted octanol–water partition coefficient (Wildman–Crippen LogP) is 3.97. The zero-order valence-electron chi connectivity index (χ0n) is 14.4. The van der Waals surface area contributed by atoms with Crippen molar-refractivity contribution in [2.75, 3.05) is 18.1 Å². The molecule has 0 saturated heterocycles. The summed E-state index contributed by atoms with van der Waals surface area (Å²) >= 11 is 6.00. The third-order valence-electron chi connectivity index (χ3n) is 4.89. The third kappa shape index (κ3) is 3.55. The Labute approximate surface area is 154 Å². The van der Waals surface area contributed by atoms with E-state index in [1.165, 1.54) is 29.8 Å². The molecule has 2 aliphatic rings. The Hall–Kier alpha value is -1.91. The molecule has 4 rings (SSSR count). The van der Waals surface area contributed by atoms with Gasteiger partial charge in [0.05, 0.1) is 23.8 Å². The highest BCUT2D eigenvalue weighted by Gasteiger charge is 2.27. The molecule has 0 saturated carbocycles. The first kappa shape index (κ1) is 16.6. The maximum absolute atomic E-state index is 6.00. The van der Waals surface area contributed by atoms with Crippen molar-refractivity contribution in [3.8, 4) is 0 Å². The van der Waals surface area contributed by atoms with Gasteiger partial charge in [0.15, 0.2) is 5.82 Å². The molecule has 130 valence electrons. The Morgan fingerprint density at radius 2 is 1.76 bits per heavy atom. The fourth-order valence-electron chi connectivity index (χ4n) is 3.70. The number of aromatic nitrogens is 2. The van der Waals surface area contributed by atoms with E-state index >= 15 is 0 Å². The molecule has 0 bridgehead atoms. The number of benzene rings is 1. The monoisotopic (exact) mass is 354 g/mol. The van der Waals surface area contributed by atoms with Crippen LogP contribution in [0.5, 0.6) is 0 Å². The summed E-state index contributed by atoms with van der Waals surface area (Å²) in [5.41, 5.74) is 4.77. The van der Waals surface area contributed by atoms with E-state index in [0.717, 1.165) is 55.7 Å². The smallest absolute Gasteiger partial charge is 0.153 e. The van der Waals surface area contributed by atoms with Crippen LogP contribution >= 0.6 is 11.6 Å². The molecule has 1 aromatic heterocycles. The standard InChI is InChI=1S/C20H23ClN4/c1-2-11-25-14-24(12-15-7-9-16(21)10-8-15)13-19-20(25)23-18-6-4-3-5-17(18)22-19/h2,7-10H,1,3-6,11-14H2. The molecule has 0 radical (unpaired) electrons. The lowest BCUT2D eigenvalue weighted by molar-refractivity contribution is 0.239. The van der Waals surface area contributed by atoms with Crippen LogP contribution in [0.15, 0.2) is 36.9 Å². The van der Waals surface area contributed by atoms with Crippen molar-refractivity contribution in [2.24, 2.45) is 0 Å². The Morgan fingerprint density at radius 1 is 1.04 bits per heavy atom. The van der Waals surface area contributed by atoms with E-state index in [1.54, 1.807) is 0 Å². The lowest BCUT2D eigenvalue weighted by atomic mass is 10.00. The fraction of sp³-hybridized carbons (Fsp3) is 0.400. The van der Waals surface area contributed by atoms with Gasteiger partial charge < -0.3 is 4.90 Å². The highest BCUT2D eigenvalue weighted by molar-refractivity contribution is 6.30. The minimum atomic E-state index is 0.776. The lowest BCUT2D eigenvalue weighted by Crippen LogP contribution is -2.43. The third-order valence-corrected chi connectivity index (χ3v) is 5.14. The fourth-order valence-corrected chi connectivity index (χ4v) is 3.83. The molecule has 2 aromatic rings. The molecule has 0 atom stereocenters. The van der Waals surface area contributed by atoms with Crippen LogP contribution in [0.25, 0.3) is 0 Å². The second kappa shape index (κ2) is 7.14. The van der Waals surface area contributed by atoms with Crippen molar-refractivity contribution < 1.29 is 0 Å². The summed E-state index contributed by atoms with van der Waals surface area (Å²) in [5, 5.41) is 0.776. The number of nitrogens with zero attached hydrogens (tertiary/aromatic N) is 4. The van der Waals surface area contributed by atoms with Gasteiger partial charge in [0, 0.05) is 24.7 Å². The topological polar surface area (TPSA) is 32.3 Å². The first-order valence-electron chi connectivity index (χ1n) is 8.94. The van der Waals surface area contributed by atoms with E-state index in [4.69, 9.17) is 21.6 Å². The number of aryl methyl sites for hydroxylation is 2. The number of halogens is 1. The van der Waals surface area contributed by atoms with Gasteiger partial charge in [-0.15, -0.1) is 6.58 Å². The molecule has 1 aliphatic carbocycles. The quantitative estimate of drug-likeness (QED) is 0.777. The van der Waals surface area contributed by atoms with Crippen LogP contribution in [0.3, 0.4) is 0 Å². The second-order valence-corrected chi connectivity index (χ2v) is 7.30. The van der Waals surface area contributed by atoms with Crippen molar-refractivity contribution in [1.29, 1.82) is 0 Å². The number of anilines is 1. The van der Waals surface area contributed by atoms with Crippen LogP contribution in [-0.4, -0.2) is 28.1 Å². The van der Waals surface area contributed by atoms with Gasteiger partial charge in [0.1, 0.15) is 0 Å². The van der Waals surface area contributed by atoms with Gasteiger partial charge in [-0.3, -0.25) is 9.88 Å². The van der Waals surface area contributed by atoms with Crippen LogP contribution in [0, 0.1) is 0 Å². The molecule has 2 heterocycles. The molecule has 5 heteroatoms. The maximum atomic E-state index is 6.00. The second-order valence-electron chi connectivity index (χ2n) is 6.86. The number of fused-ring (bicyclic) bond motifs is 2. The molecule has 0 spiro atoms. The molecule has 25 heavy (non-hydrogen) atoms. The van der Waals surface area contributed by atoms with Crippen molar-refractivity contribution in [3.63, 3.8) is 0 Å². The van der Waals surface area contributed by atoms with E-state index in [0.29, 0.717) is 0 Å². The van der Waals surface area contributed by atoms with Gasteiger partial charge in [0.2, 0.25) is 0 Å². The van der Waals surface area contributed by atoms with E-state index in [1.807, 2.05) is 18.2 Å². The largest absolute Gasteiger partial charge is 0.338 e. The zero-order chi connectivity index (χ0) is 17.2. The SMILES string of the molecule is C=CCN1CN(Cc2ccc(Cl)cc2)Cc2nc3c(nc21)CCCC3. The molecular formula is C20H23ClN4. The summed E-state index contributed by atoms with van der Waals surface area (Å²) in [7, 11) is 0.